The molecule has 2 fully saturated rings. The maximum atomic E-state index is 14.1. The zero-order valence-corrected chi connectivity index (χ0v) is 22.3. The predicted octanol–water partition coefficient (Wildman–Crippen LogP) is 4.58. The van der Waals surface area contributed by atoms with Gasteiger partial charge in [-0.2, -0.15) is 0 Å². The molecule has 2 heterocycles. The quantitative estimate of drug-likeness (QED) is 0.549. The highest BCUT2D eigenvalue weighted by Crippen LogP contribution is 2.33. The molecule has 2 aromatic carbocycles. The van der Waals surface area contributed by atoms with Crippen molar-refractivity contribution in [3.63, 3.8) is 0 Å². The average molecular weight is 518 g/mol. The largest absolute Gasteiger partial charge is 0.379 e. The first-order valence-electron chi connectivity index (χ1n) is 14.0. The van der Waals surface area contributed by atoms with E-state index in [4.69, 9.17) is 9.73 Å². The predicted molar refractivity (Wildman–Crippen MR) is 151 cm³/mol. The van der Waals surface area contributed by atoms with E-state index in [0.29, 0.717) is 25.4 Å². The van der Waals surface area contributed by atoms with Gasteiger partial charge in [0.1, 0.15) is 0 Å². The number of ether oxygens (including phenoxy) is 1. The third kappa shape index (κ3) is 6.42. The number of fused-ring (bicyclic) bond motifs is 1. The lowest BCUT2D eigenvalue weighted by Gasteiger charge is -2.31. The van der Waals surface area contributed by atoms with Gasteiger partial charge in [0, 0.05) is 43.3 Å². The minimum Gasteiger partial charge on any atom is -0.379 e. The Bertz CT molecular complexity index is 1150. The Morgan fingerprint density at radius 3 is 2.53 bits per heavy atom. The monoisotopic (exact) mass is 517 g/mol. The molecule has 1 atom stereocenters. The molecule has 2 N–H and O–H groups in total. The van der Waals surface area contributed by atoms with Gasteiger partial charge in [0.05, 0.1) is 24.6 Å². The van der Waals surface area contributed by atoms with Crippen LogP contribution < -0.4 is 15.5 Å². The Hall–Kier alpha value is -3.23. The van der Waals surface area contributed by atoms with Crippen molar-refractivity contribution in [2.45, 2.75) is 51.6 Å². The summed E-state index contributed by atoms with van der Waals surface area (Å²) in [5, 5.41) is 5.78. The van der Waals surface area contributed by atoms with Crippen LogP contribution in [0.4, 0.5) is 16.2 Å². The number of hydrogen-bond acceptors (Lipinski definition) is 5. The number of benzene rings is 2. The second-order valence-electron chi connectivity index (χ2n) is 10.5. The van der Waals surface area contributed by atoms with Crippen molar-refractivity contribution >= 4 is 29.0 Å². The van der Waals surface area contributed by atoms with Crippen molar-refractivity contribution in [3.8, 4) is 0 Å². The fourth-order valence-electron chi connectivity index (χ4n) is 5.74. The second kappa shape index (κ2) is 12.5. The molecule has 2 aliphatic heterocycles. The number of rotatable bonds is 6. The summed E-state index contributed by atoms with van der Waals surface area (Å²) in [5.41, 5.74) is 4.58. The van der Waals surface area contributed by atoms with Crippen LogP contribution in [-0.4, -0.2) is 68.1 Å². The zero-order chi connectivity index (χ0) is 26.3. The highest BCUT2D eigenvalue weighted by molar-refractivity contribution is 6.14. The number of carbonyl (C=O) groups is 2. The first-order chi connectivity index (χ1) is 18.6. The van der Waals surface area contributed by atoms with Gasteiger partial charge in [-0.1, -0.05) is 56.0 Å². The van der Waals surface area contributed by atoms with E-state index in [1.165, 1.54) is 12.8 Å². The molecule has 0 aromatic heterocycles. The van der Waals surface area contributed by atoms with E-state index >= 15 is 0 Å². The minimum absolute atomic E-state index is 0.200. The van der Waals surface area contributed by atoms with Crippen LogP contribution in [0, 0.1) is 12.8 Å². The van der Waals surface area contributed by atoms with Crippen molar-refractivity contribution in [2.24, 2.45) is 10.9 Å². The fourth-order valence-corrected chi connectivity index (χ4v) is 5.74. The number of hydrogen-bond donors (Lipinski definition) is 2. The number of urea groups is 1. The molecule has 3 amide bonds. The number of amides is 3. The second-order valence-corrected chi connectivity index (χ2v) is 10.5. The summed E-state index contributed by atoms with van der Waals surface area (Å²) < 4.78 is 5.50. The number of morpholine rings is 1. The molecule has 1 aliphatic carbocycles. The van der Waals surface area contributed by atoms with E-state index in [-0.39, 0.29) is 11.8 Å². The Morgan fingerprint density at radius 1 is 1.00 bits per heavy atom. The van der Waals surface area contributed by atoms with E-state index in [9.17, 15) is 9.59 Å². The summed E-state index contributed by atoms with van der Waals surface area (Å²) in [7, 11) is 0. The van der Waals surface area contributed by atoms with Crippen molar-refractivity contribution in [1.82, 2.24) is 10.2 Å². The van der Waals surface area contributed by atoms with Gasteiger partial charge < -0.3 is 20.3 Å². The van der Waals surface area contributed by atoms with E-state index in [1.54, 1.807) is 0 Å². The molecule has 202 valence electrons. The van der Waals surface area contributed by atoms with Gasteiger partial charge in [0.2, 0.25) is 6.17 Å². The van der Waals surface area contributed by atoms with Gasteiger partial charge in [0.15, 0.2) is 0 Å². The number of aryl methyl sites for hydroxylation is 1. The Labute approximate surface area is 225 Å². The molecular weight excluding hydrogens is 478 g/mol. The molecule has 1 saturated carbocycles. The first kappa shape index (κ1) is 26.4. The normalized spacial score (nSPS) is 21.2. The van der Waals surface area contributed by atoms with Crippen LogP contribution in [0.5, 0.6) is 0 Å². The third-order valence-corrected chi connectivity index (χ3v) is 7.77. The molecule has 3 aliphatic rings. The summed E-state index contributed by atoms with van der Waals surface area (Å²) in [6.45, 7) is 6.38. The van der Waals surface area contributed by atoms with E-state index < -0.39 is 12.2 Å². The summed E-state index contributed by atoms with van der Waals surface area (Å²) in [4.78, 5) is 36.3. The number of para-hydroxylation sites is 1. The van der Waals surface area contributed by atoms with Gasteiger partial charge in [-0.15, -0.1) is 0 Å². The van der Waals surface area contributed by atoms with Gasteiger partial charge in [-0.25, -0.2) is 4.79 Å². The van der Waals surface area contributed by atoms with Gasteiger partial charge in [-0.05, 0) is 43.5 Å². The topological polar surface area (TPSA) is 86.3 Å². The number of nitrogens with zero attached hydrogens (tertiary/aromatic N) is 3. The SMILES string of the molecule is Cc1cccc(NC(=O)N[C@@H]2N=C(C3CCCCCC3)c3ccccc3N(CCN3CCOCC3)C2=O)c1. The molecule has 5 rings (SSSR count). The lowest BCUT2D eigenvalue weighted by atomic mass is 9.89. The minimum atomic E-state index is -0.991. The Kier molecular flexibility index (Phi) is 8.71. The van der Waals surface area contributed by atoms with Crippen LogP contribution in [-0.2, 0) is 9.53 Å². The Morgan fingerprint density at radius 2 is 1.76 bits per heavy atom. The smallest absolute Gasteiger partial charge is 0.321 e. The average Bonchev–Trinajstić information content (AvgIpc) is 3.26. The number of aliphatic imine (C=N–C) groups is 1. The standard InChI is InChI=1S/C30H39N5O3/c1-22-9-8-12-24(21-22)31-30(37)33-28-29(36)35(16-15-34-17-19-38-20-18-34)26-14-7-6-13-25(26)27(32-28)23-10-4-2-3-5-11-23/h6-9,12-14,21,23,28H,2-5,10-11,15-20H2,1H3,(H2,31,33,37)/t28-/m0/s1. The van der Waals surface area contributed by atoms with Crippen LogP contribution in [0.15, 0.2) is 53.5 Å². The number of carbonyl (C=O) groups excluding carboxylic acids is 2. The lowest BCUT2D eigenvalue weighted by Crippen LogP contribution is -2.51. The molecule has 8 heteroatoms. The van der Waals surface area contributed by atoms with Gasteiger partial charge >= 0.3 is 6.03 Å². The van der Waals surface area contributed by atoms with Gasteiger partial charge in [-0.3, -0.25) is 14.7 Å². The van der Waals surface area contributed by atoms with Crippen molar-refractivity contribution in [2.75, 3.05) is 49.6 Å². The van der Waals surface area contributed by atoms with Crippen LogP contribution in [0.2, 0.25) is 0 Å². The van der Waals surface area contributed by atoms with Crippen molar-refractivity contribution < 1.29 is 14.3 Å². The molecule has 8 nitrogen and oxygen atoms in total. The van der Waals surface area contributed by atoms with Crippen molar-refractivity contribution in [3.05, 3.63) is 59.7 Å². The van der Waals surface area contributed by atoms with Crippen LogP contribution in [0.1, 0.15) is 49.7 Å². The van der Waals surface area contributed by atoms with Crippen molar-refractivity contribution in [1.29, 1.82) is 0 Å². The molecule has 1 saturated heterocycles. The summed E-state index contributed by atoms with van der Waals surface area (Å²) in [6.07, 6.45) is 5.90. The number of anilines is 2. The van der Waals surface area contributed by atoms with Crippen LogP contribution >= 0.6 is 0 Å². The maximum Gasteiger partial charge on any atom is 0.321 e. The molecule has 38 heavy (non-hydrogen) atoms. The van der Waals surface area contributed by atoms with Crippen LogP contribution in [0.25, 0.3) is 0 Å². The van der Waals surface area contributed by atoms with E-state index in [0.717, 1.165) is 67.8 Å². The summed E-state index contributed by atoms with van der Waals surface area (Å²) in [5.74, 6) is 0.0727. The number of nitrogens with one attached hydrogen (secondary N) is 2. The van der Waals surface area contributed by atoms with Gasteiger partial charge in [0.25, 0.3) is 5.91 Å². The van der Waals surface area contributed by atoms with E-state index in [1.807, 2.05) is 54.3 Å². The zero-order valence-electron chi connectivity index (χ0n) is 22.3. The first-order valence-corrected chi connectivity index (χ1v) is 14.0. The third-order valence-electron chi connectivity index (χ3n) is 7.77. The van der Waals surface area contributed by atoms with Crippen LogP contribution in [0.3, 0.4) is 0 Å². The molecule has 2 aromatic rings. The molecular formula is C30H39N5O3. The highest BCUT2D eigenvalue weighted by atomic mass is 16.5. The maximum absolute atomic E-state index is 14.1. The number of benzodiazepines with no additional fused rings is 1. The fraction of sp³-hybridized carbons (Fsp3) is 0.500. The molecule has 0 unspecified atom stereocenters. The molecule has 0 radical (unpaired) electrons. The van der Waals surface area contributed by atoms with E-state index in [2.05, 4.69) is 21.6 Å². The highest BCUT2D eigenvalue weighted by Gasteiger charge is 2.35. The Balaban J connectivity index is 1.45. The molecule has 0 bridgehead atoms. The summed E-state index contributed by atoms with van der Waals surface area (Å²) >= 11 is 0. The summed E-state index contributed by atoms with van der Waals surface area (Å²) in [6, 6.07) is 15.3. The lowest BCUT2D eigenvalue weighted by molar-refractivity contribution is -0.120. The molecule has 0 spiro atoms.